The second kappa shape index (κ2) is 6.00. The molecule has 0 bridgehead atoms. The largest absolute Gasteiger partial charge is 0.207 e. The summed E-state index contributed by atoms with van der Waals surface area (Å²) < 4.78 is 6.15. The van der Waals surface area contributed by atoms with Gasteiger partial charge in [0.1, 0.15) is 32.6 Å². The van der Waals surface area contributed by atoms with Gasteiger partial charge in [-0.05, 0) is 45.2 Å². The Hall–Kier alpha value is -0.640. The third-order valence-electron chi connectivity index (χ3n) is 2.32. The van der Waals surface area contributed by atoms with Gasteiger partial charge in [0.15, 0.2) is 24.8 Å². The van der Waals surface area contributed by atoms with E-state index in [0.29, 0.717) is 0 Å². The van der Waals surface area contributed by atoms with Crippen molar-refractivity contribution in [1.82, 2.24) is 0 Å². The van der Waals surface area contributed by atoms with E-state index in [4.69, 9.17) is 0 Å². The molecule has 0 aromatic carbocycles. The average molecular weight is 466 g/mol. The highest BCUT2D eigenvalue weighted by molar-refractivity contribution is 14.1. The number of halogens is 2. The minimum absolute atomic E-state index is 0.887. The summed E-state index contributed by atoms with van der Waals surface area (Å²) in [4.78, 5) is 0. The van der Waals surface area contributed by atoms with Crippen LogP contribution in [0.25, 0.3) is 0 Å². The van der Waals surface area contributed by atoms with Crippen LogP contribution in [0.5, 0.6) is 0 Å². The lowest BCUT2D eigenvalue weighted by Crippen LogP contribution is -2.26. The molecule has 2 rings (SSSR count). The average Bonchev–Trinajstić information content (AvgIpc) is 2.30. The highest BCUT2D eigenvalue weighted by Gasteiger charge is 2.05. The van der Waals surface area contributed by atoms with Crippen LogP contribution >= 0.6 is 45.2 Å². The first-order valence-electron chi connectivity index (χ1n) is 5.27. The first-order chi connectivity index (χ1) is 8.56. The number of pyridine rings is 2. The molecule has 6 heteroatoms. The van der Waals surface area contributed by atoms with Crippen LogP contribution in [0.15, 0.2) is 47.1 Å². The van der Waals surface area contributed by atoms with Crippen molar-refractivity contribution in [2.45, 2.75) is 0 Å². The van der Waals surface area contributed by atoms with Crippen LogP contribution in [0.2, 0.25) is 0 Å². The topological polar surface area (TPSA) is 32.5 Å². The fraction of sp³-hybridized carbons (Fsp3) is 0.167. The van der Waals surface area contributed by atoms with Gasteiger partial charge in [-0.2, -0.15) is 0 Å². The van der Waals surface area contributed by atoms with E-state index < -0.39 is 0 Å². The van der Waals surface area contributed by atoms with Gasteiger partial charge in [0.05, 0.1) is 0 Å². The first-order valence-corrected chi connectivity index (χ1v) is 7.43. The molecule has 0 aliphatic heterocycles. The standard InChI is InChI=1S/C12H12I2N4/c1-17-5-3-11(9(13)7-17)15-16-12-4-6-18(2)8-10(12)14/h3-8H,1-2H3/q+2. The van der Waals surface area contributed by atoms with Crippen LogP contribution in [0, 0.1) is 7.14 Å². The van der Waals surface area contributed by atoms with Crippen LogP contribution in [0.1, 0.15) is 0 Å². The van der Waals surface area contributed by atoms with Gasteiger partial charge in [-0.1, -0.05) is 0 Å². The Balaban J connectivity index is 2.30. The molecule has 0 unspecified atom stereocenters. The van der Waals surface area contributed by atoms with Crippen molar-refractivity contribution >= 4 is 56.6 Å². The van der Waals surface area contributed by atoms with Crippen LogP contribution in [0.3, 0.4) is 0 Å². The van der Waals surface area contributed by atoms with Gasteiger partial charge in [0.2, 0.25) is 0 Å². The Morgan fingerprint density at radius 1 is 0.833 bits per heavy atom. The Labute approximate surface area is 133 Å². The molecule has 0 atom stereocenters. The van der Waals surface area contributed by atoms with Crippen molar-refractivity contribution in [3.8, 4) is 0 Å². The van der Waals surface area contributed by atoms with E-state index in [1.54, 1.807) is 0 Å². The summed E-state index contributed by atoms with van der Waals surface area (Å²) in [5, 5.41) is 8.60. The number of nitrogens with zero attached hydrogens (tertiary/aromatic N) is 4. The molecule has 4 nitrogen and oxygen atoms in total. The SMILES string of the molecule is C[n+]1ccc(N=Nc2cc[n+](C)cc2I)c(I)c1. The van der Waals surface area contributed by atoms with Crippen LogP contribution in [-0.4, -0.2) is 0 Å². The second-order valence-electron chi connectivity index (χ2n) is 3.89. The van der Waals surface area contributed by atoms with Crippen molar-refractivity contribution < 1.29 is 9.13 Å². The molecule has 92 valence electrons. The first kappa shape index (κ1) is 13.8. The van der Waals surface area contributed by atoms with Gasteiger partial charge >= 0.3 is 0 Å². The number of aromatic nitrogens is 2. The highest BCUT2D eigenvalue weighted by Crippen LogP contribution is 2.24. The van der Waals surface area contributed by atoms with Gasteiger partial charge in [0.25, 0.3) is 0 Å². The summed E-state index contributed by atoms with van der Waals surface area (Å²) in [5.41, 5.74) is 1.77. The molecule has 2 heterocycles. The lowest BCUT2D eigenvalue weighted by Gasteiger charge is -1.96. The maximum atomic E-state index is 4.30. The molecular weight excluding hydrogens is 454 g/mol. The minimum atomic E-state index is 0.887. The Kier molecular flexibility index (Phi) is 4.60. The predicted octanol–water partition coefficient (Wildman–Crippen LogP) is 2.96. The zero-order chi connectivity index (χ0) is 13.1. The molecule has 0 N–H and O–H groups in total. The van der Waals surface area contributed by atoms with Crippen LogP contribution < -0.4 is 9.13 Å². The van der Waals surface area contributed by atoms with Crippen molar-refractivity contribution in [3.63, 3.8) is 0 Å². The van der Waals surface area contributed by atoms with Crippen LogP contribution in [0.4, 0.5) is 11.4 Å². The quantitative estimate of drug-likeness (QED) is 0.371. The molecule has 0 saturated carbocycles. The Morgan fingerprint density at radius 3 is 1.56 bits per heavy atom. The highest BCUT2D eigenvalue weighted by atomic mass is 127. The van der Waals surface area contributed by atoms with Gasteiger partial charge in [-0.15, -0.1) is 10.2 Å². The summed E-state index contributed by atoms with van der Waals surface area (Å²) in [7, 11) is 3.98. The van der Waals surface area contributed by atoms with E-state index in [0.717, 1.165) is 18.5 Å². The number of aryl methyl sites for hydroxylation is 2. The normalized spacial score (nSPS) is 11.1. The number of azo groups is 1. The molecular formula is C12H12I2N4+2. The summed E-state index contributed by atoms with van der Waals surface area (Å²) in [6.45, 7) is 0. The van der Waals surface area contributed by atoms with Gasteiger partial charge in [-0.3, -0.25) is 0 Å². The summed E-state index contributed by atoms with van der Waals surface area (Å²) in [6.07, 6.45) is 7.97. The lowest BCUT2D eigenvalue weighted by atomic mass is 10.4. The molecule has 0 aliphatic carbocycles. The maximum absolute atomic E-state index is 4.30. The Morgan fingerprint density at radius 2 is 1.22 bits per heavy atom. The third kappa shape index (κ3) is 3.44. The zero-order valence-electron chi connectivity index (χ0n) is 10.0. The fourth-order valence-electron chi connectivity index (χ4n) is 1.38. The number of hydrogen-bond donors (Lipinski definition) is 0. The summed E-state index contributed by atoms with van der Waals surface area (Å²) in [5.74, 6) is 0. The van der Waals surface area contributed by atoms with E-state index in [2.05, 4.69) is 55.4 Å². The van der Waals surface area contributed by atoms with Crippen molar-refractivity contribution in [3.05, 3.63) is 44.1 Å². The fourth-order valence-corrected chi connectivity index (χ4v) is 2.84. The van der Waals surface area contributed by atoms with Gasteiger partial charge < -0.3 is 0 Å². The molecule has 2 aromatic rings. The maximum Gasteiger partial charge on any atom is 0.184 e. The Bertz CT molecular complexity index is 558. The lowest BCUT2D eigenvalue weighted by molar-refractivity contribution is -0.672. The van der Waals surface area contributed by atoms with Gasteiger partial charge in [-0.25, -0.2) is 9.13 Å². The van der Waals surface area contributed by atoms with E-state index in [-0.39, 0.29) is 0 Å². The smallest absolute Gasteiger partial charge is 0.184 e. The molecule has 0 spiro atoms. The van der Waals surface area contributed by atoms with Gasteiger partial charge in [0, 0.05) is 12.1 Å². The van der Waals surface area contributed by atoms with E-state index >= 15 is 0 Å². The molecule has 0 saturated heterocycles. The molecule has 2 aromatic heterocycles. The monoisotopic (exact) mass is 466 g/mol. The predicted molar refractivity (Wildman–Crippen MR) is 84.8 cm³/mol. The zero-order valence-corrected chi connectivity index (χ0v) is 14.3. The molecule has 0 fully saturated rings. The molecule has 0 aliphatic rings. The second-order valence-corrected chi connectivity index (χ2v) is 6.21. The molecule has 18 heavy (non-hydrogen) atoms. The molecule has 0 radical (unpaired) electrons. The van der Waals surface area contributed by atoms with Crippen molar-refractivity contribution in [2.75, 3.05) is 0 Å². The minimum Gasteiger partial charge on any atom is -0.207 e. The summed E-state index contributed by atoms with van der Waals surface area (Å²) in [6, 6.07) is 3.92. The molecule has 0 amide bonds. The van der Waals surface area contributed by atoms with Crippen LogP contribution in [-0.2, 0) is 14.1 Å². The third-order valence-corrected chi connectivity index (χ3v) is 3.99. The number of hydrogen-bond acceptors (Lipinski definition) is 2. The van der Waals surface area contributed by atoms with E-state index in [9.17, 15) is 0 Å². The summed E-state index contributed by atoms with van der Waals surface area (Å²) >= 11 is 4.52. The van der Waals surface area contributed by atoms with Crippen molar-refractivity contribution in [2.24, 2.45) is 24.3 Å². The van der Waals surface area contributed by atoms with Crippen molar-refractivity contribution in [1.29, 1.82) is 0 Å². The van der Waals surface area contributed by atoms with E-state index in [1.807, 2.05) is 60.1 Å². The number of rotatable bonds is 2. The van der Waals surface area contributed by atoms with E-state index in [1.165, 1.54) is 0 Å².